The number of rotatable bonds is 3. The number of amides is 1. The van der Waals surface area contributed by atoms with Crippen molar-refractivity contribution in [1.82, 2.24) is 0 Å². The second-order valence-corrected chi connectivity index (χ2v) is 7.31. The molecule has 0 spiro atoms. The summed E-state index contributed by atoms with van der Waals surface area (Å²) < 4.78 is 34.9. The van der Waals surface area contributed by atoms with Crippen LogP contribution in [0, 0.1) is 16.4 Å². The normalized spacial score (nSPS) is 20.1. The molecule has 0 saturated carbocycles. The summed E-state index contributed by atoms with van der Waals surface area (Å²) in [7, 11) is -4.53. The first kappa shape index (κ1) is 14.7. The molecule has 0 radical (unpaired) electrons. The van der Waals surface area contributed by atoms with Crippen molar-refractivity contribution in [2.24, 2.45) is 5.92 Å². The zero-order valence-electron chi connectivity index (χ0n) is 10.3. The van der Waals surface area contributed by atoms with Crippen LogP contribution in [0.1, 0.15) is 12.0 Å². The Balaban J connectivity index is 2.20. The summed E-state index contributed by atoms with van der Waals surface area (Å²) >= 11 is 2.13. The molecule has 0 aromatic heterocycles. The van der Waals surface area contributed by atoms with Crippen LogP contribution >= 0.6 is 22.6 Å². The predicted octanol–water partition coefficient (Wildman–Crippen LogP) is 2.25. The number of carbonyl (C=O) groups excluding carboxylic acids is 1. The average Bonchev–Trinajstić information content (AvgIpc) is 2.56. The van der Waals surface area contributed by atoms with Gasteiger partial charge in [-0.25, -0.2) is 0 Å². The van der Waals surface area contributed by atoms with Crippen LogP contribution in [0.3, 0.4) is 0 Å². The van der Waals surface area contributed by atoms with E-state index in [9.17, 15) is 17.1 Å². The number of benzene rings is 1. The Morgan fingerprint density at radius 1 is 1.47 bits per heavy atom. The molecule has 1 saturated heterocycles. The molecule has 0 bridgehead atoms. The van der Waals surface area contributed by atoms with E-state index in [1.54, 1.807) is 0 Å². The molecule has 0 N–H and O–H groups in total. The molecule has 104 valence electrons. The van der Waals surface area contributed by atoms with E-state index in [0.29, 0.717) is 0 Å². The lowest BCUT2D eigenvalue weighted by Gasteiger charge is -2.18. The van der Waals surface area contributed by atoms with E-state index in [1.165, 1.54) is 4.90 Å². The van der Waals surface area contributed by atoms with Gasteiger partial charge in [-0.3, -0.25) is 4.79 Å². The number of hydrogen-bond acceptors (Lipinski definition) is 3. The second-order valence-electron chi connectivity index (χ2n) is 4.73. The Bertz CT molecular complexity index is 617. The van der Waals surface area contributed by atoms with E-state index in [-0.39, 0.29) is 18.9 Å². The topological polar surface area (TPSA) is 54.5 Å². The van der Waals surface area contributed by atoms with Gasteiger partial charge in [0.1, 0.15) is 0 Å². The number of carbonyl (C=O) groups is 1. The van der Waals surface area contributed by atoms with Crippen LogP contribution in [-0.2, 0) is 15.0 Å². The molecule has 0 aliphatic carbocycles. The molecule has 2 rings (SSSR count). The molecule has 4 nitrogen and oxygen atoms in total. The Kier molecular flexibility index (Phi) is 4.14. The van der Waals surface area contributed by atoms with Gasteiger partial charge in [0.15, 0.2) is 0 Å². The predicted molar refractivity (Wildman–Crippen MR) is 79.3 cm³/mol. The van der Waals surface area contributed by atoms with Gasteiger partial charge in [-0.2, -0.15) is 8.42 Å². The molecule has 1 atom stereocenters. The lowest BCUT2D eigenvalue weighted by atomic mass is 10.1. The van der Waals surface area contributed by atoms with Gasteiger partial charge in [0.05, 0.1) is 11.4 Å². The fourth-order valence-corrected chi connectivity index (χ4v) is 3.99. The molecule has 19 heavy (non-hydrogen) atoms. The van der Waals surface area contributed by atoms with Crippen LogP contribution in [0.5, 0.6) is 0 Å². The van der Waals surface area contributed by atoms with Gasteiger partial charge in [0.2, 0.25) is 5.91 Å². The number of halogens is 2. The van der Waals surface area contributed by atoms with E-state index in [4.69, 9.17) is 0 Å². The largest absolute Gasteiger partial charge is 0.311 e. The summed E-state index contributed by atoms with van der Waals surface area (Å²) in [5, 5.41) is 0. The minimum atomic E-state index is -4.53. The van der Waals surface area contributed by atoms with E-state index >= 15 is 0 Å². The maximum Gasteiger partial charge on any atom is 0.302 e. The molecule has 1 heterocycles. The third kappa shape index (κ3) is 3.65. The Labute approximate surface area is 125 Å². The second kappa shape index (κ2) is 5.35. The van der Waals surface area contributed by atoms with Gasteiger partial charge < -0.3 is 4.90 Å². The van der Waals surface area contributed by atoms with Crippen LogP contribution in [0.25, 0.3) is 0 Å². The third-order valence-electron chi connectivity index (χ3n) is 3.03. The van der Waals surface area contributed by atoms with Crippen molar-refractivity contribution in [3.05, 3.63) is 27.3 Å². The first-order valence-electron chi connectivity index (χ1n) is 5.75. The summed E-state index contributed by atoms with van der Waals surface area (Å²) in [6.45, 7) is 2.21. The van der Waals surface area contributed by atoms with Crippen LogP contribution < -0.4 is 4.90 Å². The van der Waals surface area contributed by atoms with Crippen molar-refractivity contribution in [3.63, 3.8) is 0 Å². The highest BCUT2D eigenvalue weighted by atomic mass is 127. The maximum absolute atomic E-state index is 12.7. The molecule has 1 aliphatic rings. The number of anilines is 1. The zero-order chi connectivity index (χ0) is 14.2. The van der Waals surface area contributed by atoms with Crippen molar-refractivity contribution in [1.29, 1.82) is 0 Å². The first-order chi connectivity index (χ1) is 8.76. The maximum atomic E-state index is 12.7. The standard InChI is InChI=1S/C12H13FINO3S/c1-8-2-3-11(10(14)4-8)15-6-9(5-12(15)16)7-19(13,17)18/h2-4,9H,5-7H2,1H3. The quantitative estimate of drug-likeness (QED) is 0.581. The van der Waals surface area contributed by atoms with Crippen molar-refractivity contribution in [2.75, 3.05) is 17.2 Å². The highest BCUT2D eigenvalue weighted by molar-refractivity contribution is 14.1. The summed E-state index contributed by atoms with van der Waals surface area (Å²) in [6.07, 6.45) is 0.0765. The van der Waals surface area contributed by atoms with Gasteiger partial charge in [-0.05, 0) is 47.2 Å². The molecular formula is C12H13FINO3S. The van der Waals surface area contributed by atoms with E-state index in [2.05, 4.69) is 22.6 Å². The lowest BCUT2D eigenvalue weighted by Crippen LogP contribution is -2.26. The minimum absolute atomic E-state index is 0.0765. The first-order valence-corrected chi connectivity index (χ1v) is 8.38. The molecule has 7 heteroatoms. The van der Waals surface area contributed by atoms with Gasteiger partial charge in [0, 0.05) is 22.5 Å². The summed E-state index contributed by atoms with van der Waals surface area (Å²) in [6, 6.07) is 5.67. The average molecular weight is 397 g/mol. The Morgan fingerprint density at radius 2 is 2.16 bits per heavy atom. The molecule has 1 fully saturated rings. The molecule has 1 unspecified atom stereocenters. The molecular weight excluding hydrogens is 384 g/mol. The van der Waals surface area contributed by atoms with E-state index in [1.807, 2.05) is 25.1 Å². The zero-order valence-corrected chi connectivity index (χ0v) is 13.2. The molecule has 1 aromatic rings. The van der Waals surface area contributed by atoms with Gasteiger partial charge >= 0.3 is 10.2 Å². The monoisotopic (exact) mass is 397 g/mol. The highest BCUT2D eigenvalue weighted by Crippen LogP contribution is 2.30. The Morgan fingerprint density at radius 3 is 2.74 bits per heavy atom. The summed E-state index contributed by atoms with van der Waals surface area (Å²) in [5.41, 5.74) is 1.85. The van der Waals surface area contributed by atoms with Gasteiger partial charge in [0.25, 0.3) is 0 Å². The number of aryl methyl sites for hydroxylation is 1. The smallest absolute Gasteiger partial charge is 0.302 e. The summed E-state index contributed by atoms with van der Waals surface area (Å²) in [5.74, 6) is -1.22. The van der Waals surface area contributed by atoms with E-state index in [0.717, 1.165) is 14.8 Å². The van der Waals surface area contributed by atoms with Gasteiger partial charge in [-0.1, -0.05) is 6.07 Å². The van der Waals surface area contributed by atoms with Crippen LogP contribution in [-0.4, -0.2) is 26.6 Å². The van der Waals surface area contributed by atoms with Crippen LogP contribution in [0.15, 0.2) is 18.2 Å². The minimum Gasteiger partial charge on any atom is -0.311 e. The fraction of sp³-hybridized carbons (Fsp3) is 0.417. The SMILES string of the molecule is Cc1ccc(N2CC(CS(=O)(=O)F)CC2=O)c(I)c1. The molecule has 1 aliphatic heterocycles. The number of nitrogens with zero attached hydrogens (tertiary/aromatic N) is 1. The Hall–Kier alpha value is -0.700. The van der Waals surface area contributed by atoms with Gasteiger partial charge in [-0.15, -0.1) is 3.89 Å². The fourth-order valence-electron chi connectivity index (χ4n) is 2.24. The lowest BCUT2D eigenvalue weighted by molar-refractivity contribution is -0.117. The van der Waals surface area contributed by atoms with Crippen molar-refractivity contribution < 1.29 is 17.1 Å². The highest BCUT2D eigenvalue weighted by Gasteiger charge is 2.34. The molecule has 1 aromatic carbocycles. The number of hydrogen-bond donors (Lipinski definition) is 0. The van der Waals surface area contributed by atoms with Crippen molar-refractivity contribution in [2.45, 2.75) is 13.3 Å². The van der Waals surface area contributed by atoms with Crippen LogP contribution in [0.4, 0.5) is 9.57 Å². The molecule has 1 amide bonds. The van der Waals surface area contributed by atoms with Crippen molar-refractivity contribution in [3.8, 4) is 0 Å². The van der Waals surface area contributed by atoms with Crippen molar-refractivity contribution >= 4 is 44.4 Å². The van der Waals surface area contributed by atoms with E-state index < -0.39 is 21.9 Å². The van der Waals surface area contributed by atoms with Crippen LogP contribution in [0.2, 0.25) is 0 Å². The third-order valence-corrected chi connectivity index (χ3v) is 4.77. The summed E-state index contributed by atoms with van der Waals surface area (Å²) in [4.78, 5) is 13.5.